The van der Waals surface area contributed by atoms with Crippen molar-refractivity contribution in [2.75, 3.05) is 30.4 Å². The van der Waals surface area contributed by atoms with Gasteiger partial charge >= 0.3 is 5.91 Å². The van der Waals surface area contributed by atoms with Crippen molar-refractivity contribution < 1.29 is 23.3 Å². The molecule has 3 aromatic rings. The van der Waals surface area contributed by atoms with Crippen molar-refractivity contribution in [3.05, 3.63) is 71.9 Å². The summed E-state index contributed by atoms with van der Waals surface area (Å²) in [6, 6.07) is 14.6. The average molecular weight is 437 g/mol. The number of aromatic amines is 1. The van der Waals surface area contributed by atoms with Gasteiger partial charge in [0.05, 0.1) is 18.5 Å². The Kier molecular flexibility index (Phi) is 5.22. The fourth-order valence-corrected chi connectivity index (χ4v) is 4.59. The first kappa shape index (κ1) is 20.4. The second-order valence-corrected chi connectivity index (χ2v) is 8.06. The van der Waals surface area contributed by atoms with Crippen LogP contribution in [0.1, 0.15) is 16.9 Å². The third-order valence-electron chi connectivity index (χ3n) is 6.08. The number of nitrogens with zero attached hydrogens (tertiary/aromatic N) is 1. The molecule has 2 atom stereocenters. The van der Waals surface area contributed by atoms with E-state index < -0.39 is 17.5 Å². The highest BCUT2D eigenvalue weighted by molar-refractivity contribution is 6.04. The molecule has 0 radical (unpaired) electrons. The number of hydrogen-bond donors (Lipinski definition) is 2. The third-order valence-corrected chi connectivity index (χ3v) is 6.08. The summed E-state index contributed by atoms with van der Waals surface area (Å²) in [6.07, 6.45) is 1.03. The molecule has 1 aromatic heterocycles. The first-order chi connectivity index (χ1) is 15.5. The lowest BCUT2D eigenvalue weighted by atomic mass is 10.1. The summed E-state index contributed by atoms with van der Waals surface area (Å²) in [7, 11) is 1.46. The van der Waals surface area contributed by atoms with Crippen molar-refractivity contribution >= 4 is 17.3 Å². The van der Waals surface area contributed by atoms with Crippen molar-refractivity contribution in [1.82, 2.24) is 5.32 Å². The van der Waals surface area contributed by atoms with Crippen molar-refractivity contribution in [2.24, 2.45) is 0 Å². The highest BCUT2D eigenvalue weighted by Crippen LogP contribution is 2.35. The van der Waals surface area contributed by atoms with Gasteiger partial charge in [0, 0.05) is 37.3 Å². The average Bonchev–Trinajstić information content (AvgIpc) is 3.43. The second kappa shape index (κ2) is 8.20. The molecular formula is C24H23F2N4O2+. The molecule has 6 nitrogen and oxygen atoms in total. The zero-order chi connectivity index (χ0) is 22.2. The number of pyridine rings is 1. The van der Waals surface area contributed by atoms with Gasteiger partial charge in [-0.25, -0.2) is 8.78 Å². The summed E-state index contributed by atoms with van der Waals surface area (Å²) < 4.78 is 33.8. The van der Waals surface area contributed by atoms with E-state index >= 15 is 0 Å². The molecule has 2 aliphatic heterocycles. The van der Waals surface area contributed by atoms with Gasteiger partial charge in [0.25, 0.3) is 5.69 Å². The SMILES string of the molecule is COc1cccc(F)c1-c1cccc(C(=O)Nc2cc(F)ccc2N2C[C@H]3C[C@@H]2CN3)[nH+]1. The Labute approximate surface area is 184 Å². The summed E-state index contributed by atoms with van der Waals surface area (Å²) in [4.78, 5) is 18.2. The maximum atomic E-state index is 14.5. The summed E-state index contributed by atoms with van der Waals surface area (Å²) in [6.45, 7) is 1.68. The standard InChI is InChI=1S/C24H22F2N4O2/c1-32-22-7-2-4-17(26)23(22)18-5-3-6-19(28-18)24(31)29-20-10-14(25)8-9-21(20)30-13-15-11-16(30)12-27-15/h2-10,15-16,27H,11-13H2,1H3,(H,29,31)/p+1/t15-,16-/m1/s1. The van der Waals surface area contributed by atoms with E-state index in [1.165, 1.54) is 25.3 Å². The Morgan fingerprint density at radius 3 is 2.78 bits per heavy atom. The Morgan fingerprint density at radius 1 is 1.19 bits per heavy atom. The van der Waals surface area contributed by atoms with E-state index in [1.54, 1.807) is 36.4 Å². The minimum atomic E-state index is -0.469. The molecule has 0 aliphatic carbocycles. The number of H-pyrrole nitrogens is 1. The molecule has 2 bridgehead atoms. The number of methoxy groups -OCH3 is 1. The number of rotatable bonds is 5. The maximum Gasteiger partial charge on any atom is 0.320 e. The number of carbonyl (C=O) groups is 1. The third kappa shape index (κ3) is 3.67. The molecule has 2 saturated heterocycles. The number of anilines is 2. The molecule has 32 heavy (non-hydrogen) atoms. The molecule has 1 amide bonds. The van der Waals surface area contributed by atoms with Crippen LogP contribution in [0, 0.1) is 11.6 Å². The van der Waals surface area contributed by atoms with E-state index in [2.05, 4.69) is 20.5 Å². The number of piperazine rings is 1. The molecule has 5 rings (SSSR count). The van der Waals surface area contributed by atoms with E-state index in [1.807, 2.05) is 0 Å². The maximum absolute atomic E-state index is 14.5. The zero-order valence-electron chi connectivity index (χ0n) is 17.5. The molecule has 0 saturated carbocycles. The monoisotopic (exact) mass is 437 g/mol. The first-order valence-corrected chi connectivity index (χ1v) is 10.5. The van der Waals surface area contributed by atoms with Gasteiger partial charge < -0.3 is 20.3 Å². The Balaban J connectivity index is 1.45. The Morgan fingerprint density at radius 2 is 2.03 bits per heavy atom. The van der Waals surface area contributed by atoms with Crippen LogP contribution in [0.3, 0.4) is 0 Å². The van der Waals surface area contributed by atoms with Gasteiger partial charge in [0.2, 0.25) is 5.69 Å². The minimum Gasteiger partial charge on any atom is -0.496 e. The van der Waals surface area contributed by atoms with Gasteiger partial charge in [-0.05, 0) is 42.8 Å². The quantitative estimate of drug-likeness (QED) is 0.643. The highest BCUT2D eigenvalue weighted by atomic mass is 19.1. The predicted molar refractivity (Wildman–Crippen MR) is 117 cm³/mol. The van der Waals surface area contributed by atoms with Crippen LogP contribution in [-0.4, -0.2) is 38.2 Å². The topological polar surface area (TPSA) is 67.7 Å². The van der Waals surface area contributed by atoms with Gasteiger partial charge in [-0.2, -0.15) is 4.98 Å². The van der Waals surface area contributed by atoms with E-state index in [0.29, 0.717) is 29.2 Å². The van der Waals surface area contributed by atoms with Crippen LogP contribution < -0.4 is 25.3 Å². The van der Waals surface area contributed by atoms with Gasteiger partial charge in [-0.15, -0.1) is 0 Å². The summed E-state index contributed by atoms with van der Waals surface area (Å²) in [5.41, 5.74) is 2.05. The lowest BCUT2D eigenvalue weighted by Crippen LogP contribution is -2.44. The van der Waals surface area contributed by atoms with Crippen molar-refractivity contribution in [1.29, 1.82) is 0 Å². The first-order valence-electron chi connectivity index (χ1n) is 10.5. The number of carbonyl (C=O) groups excluding carboxylic acids is 1. The van der Waals surface area contributed by atoms with Crippen LogP contribution in [0.2, 0.25) is 0 Å². The lowest BCUT2D eigenvalue weighted by Gasteiger charge is -2.31. The molecule has 2 aromatic carbocycles. The molecule has 8 heteroatoms. The van der Waals surface area contributed by atoms with Crippen molar-refractivity contribution in [3.63, 3.8) is 0 Å². The fraction of sp³-hybridized carbons (Fsp3) is 0.250. The number of benzene rings is 2. The smallest absolute Gasteiger partial charge is 0.320 e. The highest BCUT2D eigenvalue weighted by Gasteiger charge is 2.38. The molecular weight excluding hydrogens is 414 g/mol. The molecule has 3 heterocycles. The summed E-state index contributed by atoms with van der Waals surface area (Å²) >= 11 is 0. The Hall–Kier alpha value is -3.52. The minimum absolute atomic E-state index is 0.215. The number of halogens is 2. The van der Waals surface area contributed by atoms with Crippen LogP contribution in [0.15, 0.2) is 54.6 Å². The van der Waals surface area contributed by atoms with Crippen LogP contribution >= 0.6 is 0 Å². The van der Waals surface area contributed by atoms with Gasteiger partial charge in [-0.3, -0.25) is 4.79 Å². The number of aromatic nitrogens is 1. The molecule has 0 spiro atoms. The molecule has 164 valence electrons. The lowest BCUT2D eigenvalue weighted by molar-refractivity contribution is -0.368. The van der Waals surface area contributed by atoms with Gasteiger partial charge in [0.1, 0.15) is 22.9 Å². The zero-order valence-corrected chi connectivity index (χ0v) is 17.5. The predicted octanol–water partition coefficient (Wildman–Crippen LogP) is 3.26. The van der Waals surface area contributed by atoms with E-state index in [-0.39, 0.29) is 11.3 Å². The number of amides is 1. The molecule has 2 fully saturated rings. The number of hydrogen-bond acceptors (Lipinski definition) is 4. The summed E-state index contributed by atoms with van der Waals surface area (Å²) in [5.74, 6) is -0.996. The van der Waals surface area contributed by atoms with Crippen LogP contribution in [-0.2, 0) is 0 Å². The largest absolute Gasteiger partial charge is 0.496 e. The fourth-order valence-electron chi connectivity index (χ4n) is 4.59. The molecule has 3 N–H and O–H groups in total. The van der Waals surface area contributed by atoms with Crippen molar-refractivity contribution in [3.8, 4) is 17.0 Å². The molecule has 2 aliphatic rings. The van der Waals surface area contributed by atoms with E-state index in [9.17, 15) is 13.6 Å². The summed E-state index contributed by atoms with van der Waals surface area (Å²) in [5, 5.41) is 6.27. The number of nitrogens with one attached hydrogen (secondary N) is 3. The van der Waals surface area contributed by atoms with E-state index in [4.69, 9.17) is 4.74 Å². The van der Waals surface area contributed by atoms with Gasteiger partial charge in [-0.1, -0.05) is 6.07 Å². The van der Waals surface area contributed by atoms with Crippen LogP contribution in [0.25, 0.3) is 11.3 Å². The normalized spacial score (nSPS) is 19.3. The van der Waals surface area contributed by atoms with Crippen molar-refractivity contribution in [2.45, 2.75) is 18.5 Å². The van der Waals surface area contributed by atoms with Crippen LogP contribution in [0.5, 0.6) is 5.75 Å². The number of fused-ring (bicyclic) bond motifs is 2. The Bertz CT molecular complexity index is 1190. The van der Waals surface area contributed by atoms with E-state index in [0.717, 1.165) is 25.2 Å². The van der Waals surface area contributed by atoms with Gasteiger partial charge in [0.15, 0.2) is 0 Å². The van der Waals surface area contributed by atoms with Crippen LogP contribution in [0.4, 0.5) is 20.2 Å². The second-order valence-electron chi connectivity index (χ2n) is 8.06. The number of ether oxygens (including phenoxy) is 1. The molecule has 0 unspecified atom stereocenters.